The molecule has 0 saturated carbocycles. The number of nitrogens with one attached hydrogen (secondary N) is 1. The average Bonchev–Trinajstić information content (AvgIpc) is 3.04. The molecule has 0 unspecified atom stereocenters. The topological polar surface area (TPSA) is 67.9 Å². The Bertz CT molecular complexity index is 1280. The molecule has 3 aromatic carbocycles. The summed E-state index contributed by atoms with van der Waals surface area (Å²) in [5, 5.41) is 3.17. The van der Waals surface area contributed by atoms with E-state index in [0.29, 0.717) is 34.0 Å². The lowest BCUT2D eigenvalue weighted by Gasteiger charge is -2.18. The normalized spacial score (nSPS) is 13.5. The molecule has 0 radical (unpaired) electrons. The van der Waals surface area contributed by atoms with Crippen LogP contribution in [0.1, 0.15) is 22.3 Å². The number of imide groups is 1. The minimum absolute atomic E-state index is 0.190. The predicted molar refractivity (Wildman–Crippen MR) is 130 cm³/mol. The van der Waals surface area contributed by atoms with E-state index >= 15 is 0 Å². The summed E-state index contributed by atoms with van der Waals surface area (Å²) in [4.78, 5) is 28.6. The Hall–Kier alpha value is -4.06. The van der Waals surface area contributed by atoms with E-state index in [1.807, 2.05) is 63.2 Å². The smallest absolute Gasteiger partial charge is 0.282 e. The molecule has 0 fully saturated rings. The number of amides is 2. The van der Waals surface area contributed by atoms with E-state index in [1.54, 1.807) is 32.4 Å². The molecule has 33 heavy (non-hydrogen) atoms. The fraction of sp³-hybridized carbons (Fsp3) is 0.185. The summed E-state index contributed by atoms with van der Waals surface area (Å²) >= 11 is 0. The van der Waals surface area contributed by atoms with Gasteiger partial charge in [-0.1, -0.05) is 47.5 Å². The van der Waals surface area contributed by atoms with Crippen LogP contribution < -0.4 is 19.7 Å². The molecule has 4 rings (SSSR count). The zero-order chi connectivity index (χ0) is 23.7. The number of anilines is 2. The molecule has 0 bridgehead atoms. The van der Waals surface area contributed by atoms with Crippen LogP contribution in [0.3, 0.4) is 0 Å². The van der Waals surface area contributed by atoms with Crippen LogP contribution in [0.25, 0.3) is 5.57 Å². The van der Waals surface area contributed by atoms with E-state index < -0.39 is 5.91 Å². The first-order valence-electron chi connectivity index (χ1n) is 10.6. The van der Waals surface area contributed by atoms with Gasteiger partial charge >= 0.3 is 0 Å². The second-order valence-corrected chi connectivity index (χ2v) is 8.04. The first-order valence-corrected chi connectivity index (χ1v) is 10.6. The van der Waals surface area contributed by atoms with Gasteiger partial charge in [0.1, 0.15) is 17.2 Å². The molecule has 1 N–H and O–H groups in total. The van der Waals surface area contributed by atoms with Gasteiger partial charge in [0.15, 0.2) is 0 Å². The van der Waals surface area contributed by atoms with Gasteiger partial charge in [-0.05, 0) is 50.1 Å². The molecule has 3 aromatic rings. The number of hydrogen-bond donors (Lipinski definition) is 1. The molecule has 1 aliphatic rings. The molecule has 0 spiro atoms. The number of nitrogens with zero attached hydrogens (tertiary/aromatic N) is 1. The second kappa shape index (κ2) is 8.82. The lowest BCUT2D eigenvalue weighted by Crippen LogP contribution is -2.33. The highest BCUT2D eigenvalue weighted by Gasteiger charge is 2.41. The van der Waals surface area contributed by atoms with Crippen molar-refractivity contribution >= 4 is 28.8 Å². The number of benzene rings is 3. The molecule has 0 aliphatic carbocycles. The Labute approximate surface area is 193 Å². The van der Waals surface area contributed by atoms with Crippen molar-refractivity contribution in [1.29, 1.82) is 0 Å². The molecule has 0 saturated heterocycles. The van der Waals surface area contributed by atoms with Gasteiger partial charge < -0.3 is 14.8 Å². The number of carbonyl (C=O) groups is 2. The summed E-state index contributed by atoms with van der Waals surface area (Å²) in [6, 6.07) is 18.4. The van der Waals surface area contributed by atoms with Crippen LogP contribution in [-0.2, 0) is 9.59 Å². The van der Waals surface area contributed by atoms with Crippen molar-refractivity contribution in [2.45, 2.75) is 20.8 Å². The van der Waals surface area contributed by atoms with Crippen molar-refractivity contribution < 1.29 is 19.1 Å². The van der Waals surface area contributed by atoms with Crippen LogP contribution in [0.4, 0.5) is 11.4 Å². The van der Waals surface area contributed by atoms with Gasteiger partial charge in [0.25, 0.3) is 11.8 Å². The Morgan fingerprint density at radius 1 is 0.758 bits per heavy atom. The van der Waals surface area contributed by atoms with Gasteiger partial charge in [-0.3, -0.25) is 9.59 Å². The summed E-state index contributed by atoms with van der Waals surface area (Å²) in [7, 11) is 3.11. The summed E-state index contributed by atoms with van der Waals surface area (Å²) in [6.45, 7) is 5.84. The van der Waals surface area contributed by atoms with Crippen molar-refractivity contribution in [2.75, 3.05) is 24.4 Å². The number of rotatable bonds is 6. The molecular formula is C27H26N2O4. The monoisotopic (exact) mass is 442 g/mol. The Morgan fingerprint density at radius 3 is 2.09 bits per heavy atom. The number of hydrogen-bond acceptors (Lipinski definition) is 5. The highest BCUT2D eigenvalue weighted by Crippen LogP contribution is 2.38. The lowest BCUT2D eigenvalue weighted by molar-refractivity contribution is -0.120. The SMILES string of the molecule is COc1ccc(OC)c(NC2=C(c3ccc(C)cc3)C(=O)N(c3ccc(C)cc3C)C2=O)c1. The van der Waals surface area contributed by atoms with Crippen molar-refractivity contribution in [3.8, 4) is 11.5 Å². The quantitative estimate of drug-likeness (QED) is 0.543. The Kier molecular flexibility index (Phi) is 5.92. The molecule has 0 aromatic heterocycles. The van der Waals surface area contributed by atoms with Crippen molar-refractivity contribution in [1.82, 2.24) is 0 Å². The van der Waals surface area contributed by atoms with Crippen LogP contribution in [0, 0.1) is 20.8 Å². The largest absolute Gasteiger partial charge is 0.497 e. The summed E-state index contributed by atoms with van der Waals surface area (Å²) in [5.41, 5.74) is 5.22. The predicted octanol–water partition coefficient (Wildman–Crippen LogP) is 5.03. The van der Waals surface area contributed by atoms with Crippen LogP contribution in [0.5, 0.6) is 11.5 Å². The second-order valence-electron chi connectivity index (χ2n) is 8.04. The fourth-order valence-electron chi connectivity index (χ4n) is 3.96. The maximum atomic E-state index is 13.7. The Balaban J connectivity index is 1.87. The first-order chi connectivity index (χ1) is 15.8. The van der Waals surface area contributed by atoms with Gasteiger partial charge in [-0.25, -0.2) is 4.90 Å². The zero-order valence-corrected chi connectivity index (χ0v) is 19.4. The van der Waals surface area contributed by atoms with Crippen LogP contribution in [0.15, 0.2) is 66.4 Å². The molecule has 0 atom stereocenters. The molecule has 1 heterocycles. The van der Waals surface area contributed by atoms with E-state index in [0.717, 1.165) is 16.7 Å². The average molecular weight is 443 g/mol. The lowest BCUT2D eigenvalue weighted by atomic mass is 10.0. The minimum Gasteiger partial charge on any atom is -0.497 e. The molecule has 6 heteroatoms. The third kappa shape index (κ3) is 4.07. The molecule has 2 amide bonds. The van der Waals surface area contributed by atoms with E-state index in [9.17, 15) is 9.59 Å². The van der Waals surface area contributed by atoms with Crippen LogP contribution >= 0.6 is 0 Å². The third-order valence-electron chi connectivity index (χ3n) is 5.68. The van der Waals surface area contributed by atoms with Gasteiger partial charge in [-0.2, -0.15) is 0 Å². The van der Waals surface area contributed by atoms with Gasteiger partial charge in [0.2, 0.25) is 0 Å². The van der Waals surface area contributed by atoms with Crippen molar-refractivity contribution in [3.63, 3.8) is 0 Å². The summed E-state index contributed by atoms with van der Waals surface area (Å²) in [6.07, 6.45) is 0. The first kappa shape index (κ1) is 22.1. The van der Waals surface area contributed by atoms with Crippen molar-refractivity contribution in [2.24, 2.45) is 0 Å². The van der Waals surface area contributed by atoms with Gasteiger partial charge in [0.05, 0.1) is 31.2 Å². The standard InChI is InChI=1S/C27H26N2O4/c1-16-6-9-19(10-7-16)24-25(28-21-15-20(32-4)11-13-23(21)33-5)27(31)29(26(24)30)22-12-8-17(2)14-18(22)3/h6-15,28H,1-5H3. The maximum Gasteiger partial charge on any atom is 0.282 e. The van der Waals surface area contributed by atoms with E-state index in [1.165, 1.54) is 4.90 Å². The Morgan fingerprint density at radius 2 is 1.45 bits per heavy atom. The number of aryl methyl sites for hydroxylation is 3. The summed E-state index contributed by atoms with van der Waals surface area (Å²) in [5.74, 6) is 0.322. The minimum atomic E-state index is -0.424. The van der Waals surface area contributed by atoms with Crippen LogP contribution in [0.2, 0.25) is 0 Å². The molecule has 1 aliphatic heterocycles. The highest BCUT2D eigenvalue weighted by molar-refractivity contribution is 6.46. The van der Waals surface area contributed by atoms with Gasteiger partial charge in [0, 0.05) is 6.07 Å². The molecular weight excluding hydrogens is 416 g/mol. The van der Waals surface area contributed by atoms with E-state index in [2.05, 4.69) is 5.32 Å². The number of ether oxygens (including phenoxy) is 2. The molecule has 6 nitrogen and oxygen atoms in total. The molecule has 168 valence electrons. The fourth-order valence-corrected chi connectivity index (χ4v) is 3.96. The number of methoxy groups -OCH3 is 2. The third-order valence-corrected chi connectivity index (χ3v) is 5.68. The number of carbonyl (C=O) groups excluding carboxylic acids is 2. The maximum absolute atomic E-state index is 13.7. The van der Waals surface area contributed by atoms with Crippen LogP contribution in [-0.4, -0.2) is 26.0 Å². The van der Waals surface area contributed by atoms with Gasteiger partial charge in [-0.15, -0.1) is 0 Å². The zero-order valence-electron chi connectivity index (χ0n) is 19.4. The summed E-state index contributed by atoms with van der Waals surface area (Å²) < 4.78 is 10.8. The highest BCUT2D eigenvalue weighted by atomic mass is 16.5. The van der Waals surface area contributed by atoms with E-state index in [-0.39, 0.29) is 11.6 Å². The van der Waals surface area contributed by atoms with Crippen molar-refractivity contribution in [3.05, 3.63) is 88.6 Å². The van der Waals surface area contributed by atoms with E-state index in [4.69, 9.17) is 9.47 Å².